The predicted molar refractivity (Wildman–Crippen MR) is 133 cm³/mol. The van der Waals surface area contributed by atoms with Crippen molar-refractivity contribution in [2.45, 2.75) is 32.2 Å². The lowest BCUT2D eigenvalue weighted by molar-refractivity contribution is 0.0683. The second kappa shape index (κ2) is 9.81. The minimum atomic E-state index is -0.0656. The normalized spacial score (nSPS) is 14.4. The second-order valence-electron chi connectivity index (χ2n) is 8.59. The quantitative estimate of drug-likeness (QED) is 0.367. The van der Waals surface area contributed by atoms with Crippen LogP contribution in [0.5, 0.6) is 0 Å². The SMILES string of the molecule is CCN(Cc1ccccc1)C(=O)c1csc(C2CCN(C(=O)c3cc4ccccc4o3)CC2)n1. The average Bonchev–Trinajstić information content (AvgIpc) is 3.55. The summed E-state index contributed by atoms with van der Waals surface area (Å²) in [5.41, 5.74) is 2.35. The molecule has 34 heavy (non-hydrogen) atoms. The zero-order valence-electron chi connectivity index (χ0n) is 19.1. The molecule has 0 unspecified atom stereocenters. The fourth-order valence-corrected chi connectivity index (χ4v) is 5.40. The summed E-state index contributed by atoms with van der Waals surface area (Å²) in [6.07, 6.45) is 1.66. The summed E-state index contributed by atoms with van der Waals surface area (Å²) in [6.45, 7) is 4.49. The summed E-state index contributed by atoms with van der Waals surface area (Å²) >= 11 is 1.55. The van der Waals surface area contributed by atoms with Gasteiger partial charge in [-0.15, -0.1) is 11.3 Å². The van der Waals surface area contributed by atoms with Crippen LogP contribution in [-0.2, 0) is 6.54 Å². The van der Waals surface area contributed by atoms with Gasteiger partial charge in [0.25, 0.3) is 11.8 Å². The number of hydrogen-bond donors (Lipinski definition) is 0. The highest BCUT2D eigenvalue weighted by molar-refractivity contribution is 7.09. The number of nitrogens with zero attached hydrogens (tertiary/aromatic N) is 3. The van der Waals surface area contributed by atoms with Gasteiger partial charge >= 0.3 is 0 Å². The number of para-hydroxylation sites is 1. The number of benzene rings is 2. The average molecular weight is 474 g/mol. The van der Waals surface area contributed by atoms with Gasteiger partial charge in [-0.05, 0) is 37.5 Å². The molecule has 0 aliphatic carbocycles. The molecule has 2 aromatic heterocycles. The third kappa shape index (κ3) is 4.61. The number of piperidine rings is 1. The summed E-state index contributed by atoms with van der Waals surface area (Å²) in [4.78, 5) is 34.4. The zero-order valence-corrected chi connectivity index (χ0v) is 20.0. The van der Waals surface area contributed by atoms with Gasteiger partial charge in [-0.3, -0.25) is 9.59 Å². The van der Waals surface area contributed by atoms with Gasteiger partial charge in [0.2, 0.25) is 0 Å². The monoisotopic (exact) mass is 473 g/mol. The number of amides is 2. The van der Waals surface area contributed by atoms with Crippen molar-refractivity contribution in [3.8, 4) is 0 Å². The van der Waals surface area contributed by atoms with Crippen LogP contribution in [0.15, 0.2) is 70.5 Å². The Kier molecular flexibility index (Phi) is 6.45. The second-order valence-corrected chi connectivity index (χ2v) is 9.48. The molecule has 7 heteroatoms. The first-order valence-electron chi connectivity index (χ1n) is 11.7. The van der Waals surface area contributed by atoms with Crippen LogP contribution in [0.4, 0.5) is 0 Å². The number of carbonyl (C=O) groups excluding carboxylic acids is 2. The van der Waals surface area contributed by atoms with Gasteiger partial charge < -0.3 is 14.2 Å². The number of furan rings is 1. The first-order chi connectivity index (χ1) is 16.6. The van der Waals surface area contributed by atoms with Crippen molar-refractivity contribution in [2.75, 3.05) is 19.6 Å². The Hall–Kier alpha value is -3.45. The van der Waals surface area contributed by atoms with Crippen LogP contribution in [0.3, 0.4) is 0 Å². The first-order valence-corrected chi connectivity index (χ1v) is 12.6. The van der Waals surface area contributed by atoms with Crippen LogP contribution >= 0.6 is 11.3 Å². The summed E-state index contributed by atoms with van der Waals surface area (Å²) in [5, 5.41) is 3.79. The number of aromatic nitrogens is 1. The Bertz CT molecular complexity index is 1260. The fraction of sp³-hybridized carbons (Fsp3) is 0.296. The number of carbonyl (C=O) groups is 2. The van der Waals surface area contributed by atoms with Gasteiger partial charge in [0.1, 0.15) is 11.3 Å². The lowest BCUT2D eigenvalue weighted by Gasteiger charge is -2.30. The van der Waals surface area contributed by atoms with Crippen LogP contribution in [0.2, 0.25) is 0 Å². The summed E-state index contributed by atoms with van der Waals surface area (Å²) in [5.74, 6) is 0.547. The lowest BCUT2D eigenvalue weighted by Crippen LogP contribution is -2.37. The molecular formula is C27H27N3O3S. The van der Waals surface area contributed by atoms with E-state index < -0.39 is 0 Å². The van der Waals surface area contributed by atoms with Gasteiger partial charge in [-0.1, -0.05) is 48.5 Å². The Balaban J connectivity index is 1.20. The molecule has 2 aromatic carbocycles. The number of rotatable bonds is 6. The third-order valence-corrected chi connectivity index (χ3v) is 7.40. The smallest absolute Gasteiger partial charge is 0.289 e. The molecule has 0 atom stereocenters. The van der Waals surface area contributed by atoms with E-state index in [2.05, 4.69) is 0 Å². The van der Waals surface area contributed by atoms with Crippen molar-refractivity contribution in [3.63, 3.8) is 0 Å². The predicted octanol–water partition coefficient (Wildman–Crippen LogP) is 5.57. The maximum absolute atomic E-state index is 13.1. The molecule has 0 N–H and O–H groups in total. The van der Waals surface area contributed by atoms with Gasteiger partial charge in [0.05, 0.1) is 5.01 Å². The van der Waals surface area contributed by atoms with E-state index in [1.165, 1.54) is 0 Å². The van der Waals surface area contributed by atoms with E-state index in [4.69, 9.17) is 9.40 Å². The van der Waals surface area contributed by atoms with Crippen LogP contribution in [0, 0.1) is 0 Å². The summed E-state index contributed by atoms with van der Waals surface area (Å²) in [6, 6.07) is 19.5. The molecular weight excluding hydrogens is 446 g/mol. The van der Waals surface area contributed by atoms with Gasteiger partial charge in [0.15, 0.2) is 5.76 Å². The minimum Gasteiger partial charge on any atom is -0.451 e. The summed E-state index contributed by atoms with van der Waals surface area (Å²) in [7, 11) is 0. The molecule has 2 amide bonds. The van der Waals surface area contributed by atoms with E-state index >= 15 is 0 Å². The van der Waals surface area contributed by atoms with Crippen molar-refractivity contribution >= 4 is 34.1 Å². The largest absolute Gasteiger partial charge is 0.451 e. The molecule has 174 valence electrons. The molecule has 0 saturated carbocycles. The molecule has 1 aliphatic rings. The van der Waals surface area contributed by atoms with E-state index in [9.17, 15) is 9.59 Å². The topological polar surface area (TPSA) is 66.7 Å². The van der Waals surface area contributed by atoms with Crippen molar-refractivity contribution in [1.29, 1.82) is 0 Å². The number of hydrogen-bond acceptors (Lipinski definition) is 5. The van der Waals surface area contributed by atoms with E-state index in [0.29, 0.717) is 37.6 Å². The highest BCUT2D eigenvalue weighted by Crippen LogP contribution is 2.31. The van der Waals surface area contributed by atoms with Crippen LogP contribution in [-0.4, -0.2) is 46.2 Å². The zero-order chi connectivity index (χ0) is 23.5. The highest BCUT2D eigenvalue weighted by Gasteiger charge is 2.29. The maximum atomic E-state index is 13.1. The van der Waals surface area contributed by atoms with E-state index in [0.717, 1.165) is 34.4 Å². The Morgan fingerprint density at radius 1 is 1.09 bits per heavy atom. The van der Waals surface area contributed by atoms with E-state index in [-0.39, 0.29) is 17.7 Å². The molecule has 0 bridgehead atoms. The number of fused-ring (bicyclic) bond motifs is 1. The summed E-state index contributed by atoms with van der Waals surface area (Å²) < 4.78 is 5.76. The Labute approximate surface area is 202 Å². The van der Waals surface area contributed by atoms with Crippen LogP contribution in [0.25, 0.3) is 11.0 Å². The fourth-order valence-electron chi connectivity index (χ4n) is 4.44. The molecule has 5 rings (SSSR count). The molecule has 3 heterocycles. The van der Waals surface area contributed by atoms with Crippen molar-refractivity contribution in [3.05, 3.63) is 88.1 Å². The van der Waals surface area contributed by atoms with E-state index in [1.54, 1.807) is 11.3 Å². The van der Waals surface area contributed by atoms with Crippen molar-refractivity contribution < 1.29 is 14.0 Å². The molecule has 1 aliphatic heterocycles. The standard InChI is InChI=1S/C27H27N3O3S/c1-2-29(17-19-8-4-3-5-9-19)26(31)22-18-34-25(28-22)20-12-14-30(15-13-20)27(32)24-16-21-10-6-7-11-23(21)33-24/h3-11,16,18,20H,2,12-15,17H2,1H3. The van der Waals surface area contributed by atoms with Gasteiger partial charge in [0, 0.05) is 42.9 Å². The molecule has 0 spiro atoms. The Morgan fingerprint density at radius 3 is 2.56 bits per heavy atom. The van der Waals surface area contributed by atoms with Crippen molar-refractivity contribution in [2.24, 2.45) is 0 Å². The number of thiazole rings is 1. The van der Waals surface area contributed by atoms with Gasteiger partial charge in [-0.25, -0.2) is 4.98 Å². The molecule has 0 radical (unpaired) electrons. The van der Waals surface area contributed by atoms with Crippen LogP contribution < -0.4 is 0 Å². The highest BCUT2D eigenvalue weighted by atomic mass is 32.1. The van der Waals surface area contributed by atoms with Gasteiger partial charge in [-0.2, -0.15) is 0 Å². The Morgan fingerprint density at radius 2 is 1.82 bits per heavy atom. The molecule has 4 aromatic rings. The van der Waals surface area contributed by atoms with E-state index in [1.807, 2.05) is 82.8 Å². The third-order valence-electron chi connectivity index (χ3n) is 6.39. The molecule has 1 fully saturated rings. The number of likely N-dealkylation sites (tertiary alicyclic amines) is 1. The molecule has 1 saturated heterocycles. The van der Waals surface area contributed by atoms with Crippen molar-refractivity contribution in [1.82, 2.24) is 14.8 Å². The maximum Gasteiger partial charge on any atom is 0.289 e. The molecule has 6 nitrogen and oxygen atoms in total. The lowest BCUT2D eigenvalue weighted by atomic mass is 9.97. The first kappa shape index (κ1) is 22.3. The minimum absolute atomic E-state index is 0.0358. The van der Waals surface area contributed by atoms with Crippen LogP contribution in [0.1, 0.15) is 57.3 Å².